The van der Waals surface area contributed by atoms with Gasteiger partial charge in [-0.3, -0.25) is 4.79 Å². The molecule has 0 aliphatic carbocycles. The van der Waals surface area contributed by atoms with E-state index in [-0.39, 0.29) is 5.78 Å². The Morgan fingerprint density at radius 3 is 2.39 bits per heavy atom. The van der Waals surface area contributed by atoms with E-state index in [9.17, 15) is 4.79 Å². The zero-order valence-electron chi connectivity index (χ0n) is 11.3. The molecule has 0 atom stereocenters. The van der Waals surface area contributed by atoms with Gasteiger partial charge < -0.3 is 4.74 Å². The van der Waals surface area contributed by atoms with Crippen molar-refractivity contribution in [2.45, 2.75) is 32.8 Å². The third-order valence-electron chi connectivity index (χ3n) is 2.83. The van der Waals surface area contributed by atoms with Crippen LogP contribution in [-0.2, 0) is 9.53 Å². The quantitative estimate of drug-likeness (QED) is 0.749. The van der Waals surface area contributed by atoms with Crippen molar-refractivity contribution in [3.63, 3.8) is 0 Å². The molecule has 0 aromatic heterocycles. The lowest BCUT2D eigenvalue weighted by molar-refractivity contribution is -0.119. The van der Waals surface area contributed by atoms with E-state index in [0.717, 1.165) is 11.1 Å². The third-order valence-corrected chi connectivity index (χ3v) is 3.08. The average Bonchev–Trinajstić information content (AvgIpc) is 2.29. The number of halogens is 1. The fourth-order valence-corrected chi connectivity index (χ4v) is 1.71. The molecule has 0 amide bonds. The molecule has 0 saturated carbocycles. The minimum atomic E-state index is -0.423. The summed E-state index contributed by atoms with van der Waals surface area (Å²) < 4.78 is 5.24. The third kappa shape index (κ3) is 4.63. The van der Waals surface area contributed by atoms with Crippen LogP contribution in [-0.4, -0.2) is 18.5 Å². The van der Waals surface area contributed by atoms with Gasteiger partial charge in [-0.25, -0.2) is 0 Å². The molecule has 0 radical (unpaired) electrons. The Morgan fingerprint density at radius 2 is 1.89 bits per heavy atom. The van der Waals surface area contributed by atoms with Crippen molar-refractivity contribution >= 4 is 23.0 Å². The summed E-state index contributed by atoms with van der Waals surface area (Å²) in [5.74, 6) is 0.0642. The molecule has 1 aromatic carbocycles. The van der Waals surface area contributed by atoms with Gasteiger partial charge in [0.25, 0.3) is 0 Å². The summed E-state index contributed by atoms with van der Waals surface area (Å²) >= 11 is 5.83. The molecule has 0 fully saturated rings. The summed E-state index contributed by atoms with van der Waals surface area (Å²) in [6, 6.07) is 7.45. The molecule has 0 heterocycles. The van der Waals surface area contributed by atoms with Gasteiger partial charge in [-0.15, -0.1) is 0 Å². The molecular formula is C15H19ClO2. The van der Waals surface area contributed by atoms with Crippen LogP contribution in [0.1, 0.15) is 32.8 Å². The van der Waals surface area contributed by atoms with Gasteiger partial charge in [0.1, 0.15) is 0 Å². The predicted molar refractivity (Wildman–Crippen MR) is 75.8 cm³/mol. The largest absolute Gasteiger partial charge is 0.378 e. The van der Waals surface area contributed by atoms with Gasteiger partial charge in [0, 0.05) is 18.6 Å². The highest BCUT2D eigenvalue weighted by Gasteiger charge is 2.19. The highest BCUT2D eigenvalue weighted by molar-refractivity contribution is 6.30. The lowest BCUT2D eigenvalue weighted by atomic mass is 9.99. The van der Waals surface area contributed by atoms with E-state index in [0.29, 0.717) is 11.4 Å². The van der Waals surface area contributed by atoms with Crippen LogP contribution >= 0.6 is 11.6 Å². The van der Waals surface area contributed by atoms with Gasteiger partial charge >= 0.3 is 0 Å². The topological polar surface area (TPSA) is 26.3 Å². The molecule has 98 valence electrons. The first-order valence-corrected chi connectivity index (χ1v) is 6.24. The van der Waals surface area contributed by atoms with E-state index in [2.05, 4.69) is 0 Å². The Kier molecular flexibility index (Phi) is 5.12. The van der Waals surface area contributed by atoms with Crippen LogP contribution in [0.2, 0.25) is 5.02 Å². The maximum atomic E-state index is 11.9. The van der Waals surface area contributed by atoms with Gasteiger partial charge in [0.15, 0.2) is 5.78 Å². The summed E-state index contributed by atoms with van der Waals surface area (Å²) in [5.41, 5.74) is 1.51. The van der Waals surface area contributed by atoms with Crippen molar-refractivity contribution in [2.24, 2.45) is 0 Å². The molecular weight excluding hydrogens is 248 g/mol. The maximum Gasteiger partial charge on any atom is 0.158 e. The Balaban J connectivity index is 2.77. The van der Waals surface area contributed by atoms with Crippen molar-refractivity contribution < 1.29 is 9.53 Å². The van der Waals surface area contributed by atoms with Crippen molar-refractivity contribution in [2.75, 3.05) is 7.11 Å². The summed E-state index contributed by atoms with van der Waals surface area (Å²) in [6.45, 7) is 5.72. The zero-order valence-corrected chi connectivity index (χ0v) is 12.0. The van der Waals surface area contributed by atoms with Crippen LogP contribution in [0.3, 0.4) is 0 Å². The zero-order chi connectivity index (χ0) is 13.8. The van der Waals surface area contributed by atoms with Gasteiger partial charge in [0.05, 0.1) is 5.60 Å². The first kappa shape index (κ1) is 14.9. The molecule has 0 aliphatic heterocycles. The SMILES string of the molecule is COC(C)(C)CC(=O)/C=C(\C)c1ccc(Cl)cc1. The van der Waals surface area contributed by atoms with E-state index in [1.807, 2.05) is 45.0 Å². The summed E-state index contributed by atoms with van der Waals surface area (Å²) in [5, 5.41) is 0.693. The first-order valence-electron chi connectivity index (χ1n) is 5.86. The van der Waals surface area contributed by atoms with Crippen LogP contribution in [0.25, 0.3) is 5.57 Å². The fraction of sp³-hybridized carbons (Fsp3) is 0.400. The van der Waals surface area contributed by atoms with Gasteiger partial charge in [0.2, 0.25) is 0 Å². The smallest absolute Gasteiger partial charge is 0.158 e. The summed E-state index contributed by atoms with van der Waals surface area (Å²) in [7, 11) is 1.61. The molecule has 0 aliphatic rings. The number of carbonyl (C=O) groups excluding carboxylic acids is 1. The highest BCUT2D eigenvalue weighted by atomic mass is 35.5. The number of ether oxygens (including phenoxy) is 1. The van der Waals surface area contributed by atoms with E-state index in [1.165, 1.54) is 0 Å². The highest BCUT2D eigenvalue weighted by Crippen LogP contribution is 2.19. The normalized spacial score (nSPS) is 12.6. The van der Waals surface area contributed by atoms with Gasteiger partial charge in [-0.1, -0.05) is 23.7 Å². The minimum Gasteiger partial charge on any atom is -0.378 e. The van der Waals surface area contributed by atoms with Crippen LogP contribution in [0.4, 0.5) is 0 Å². The molecule has 0 spiro atoms. The standard InChI is InChI=1S/C15H19ClO2/c1-11(12-5-7-13(16)8-6-12)9-14(17)10-15(2,3)18-4/h5-9H,10H2,1-4H3/b11-9+. The van der Waals surface area contributed by atoms with Crippen molar-refractivity contribution in [3.05, 3.63) is 40.9 Å². The van der Waals surface area contributed by atoms with Crippen LogP contribution in [0.5, 0.6) is 0 Å². The Morgan fingerprint density at radius 1 is 1.33 bits per heavy atom. The minimum absolute atomic E-state index is 0.0642. The lowest BCUT2D eigenvalue weighted by Gasteiger charge is -2.21. The number of rotatable bonds is 5. The van der Waals surface area contributed by atoms with Crippen LogP contribution in [0.15, 0.2) is 30.3 Å². The first-order chi connectivity index (χ1) is 8.34. The summed E-state index contributed by atoms with van der Waals surface area (Å²) in [6.07, 6.45) is 2.03. The molecule has 2 nitrogen and oxygen atoms in total. The number of carbonyl (C=O) groups is 1. The molecule has 0 saturated heterocycles. The fourth-order valence-electron chi connectivity index (χ4n) is 1.58. The van der Waals surface area contributed by atoms with Crippen molar-refractivity contribution in [1.82, 2.24) is 0 Å². The van der Waals surface area contributed by atoms with E-state index < -0.39 is 5.60 Å². The molecule has 0 N–H and O–H groups in total. The monoisotopic (exact) mass is 266 g/mol. The van der Waals surface area contributed by atoms with Gasteiger partial charge in [-0.05, 0) is 50.1 Å². The maximum absolute atomic E-state index is 11.9. The molecule has 1 rings (SSSR count). The molecule has 0 unspecified atom stereocenters. The van der Waals surface area contributed by atoms with E-state index in [1.54, 1.807) is 13.2 Å². The second kappa shape index (κ2) is 6.17. The molecule has 18 heavy (non-hydrogen) atoms. The number of methoxy groups -OCH3 is 1. The van der Waals surface area contributed by atoms with Crippen LogP contribution < -0.4 is 0 Å². The van der Waals surface area contributed by atoms with E-state index in [4.69, 9.17) is 16.3 Å². The molecule has 0 bridgehead atoms. The molecule has 3 heteroatoms. The second-order valence-electron chi connectivity index (χ2n) is 4.94. The Hall–Kier alpha value is -1.12. The number of benzene rings is 1. The number of hydrogen-bond donors (Lipinski definition) is 0. The lowest BCUT2D eigenvalue weighted by Crippen LogP contribution is -2.25. The second-order valence-corrected chi connectivity index (χ2v) is 5.38. The van der Waals surface area contributed by atoms with Crippen LogP contribution in [0, 0.1) is 0 Å². The number of allylic oxidation sites excluding steroid dienone is 2. The molecule has 1 aromatic rings. The Bertz CT molecular complexity index is 444. The average molecular weight is 267 g/mol. The number of hydrogen-bond acceptors (Lipinski definition) is 2. The Labute approximate surface area is 114 Å². The van der Waals surface area contributed by atoms with Crippen molar-refractivity contribution in [1.29, 1.82) is 0 Å². The van der Waals surface area contributed by atoms with E-state index >= 15 is 0 Å². The van der Waals surface area contributed by atoms with Gasteiger partial charge in [-0.2, -0.15) is 0 Å². The predicted octanol–water partition coefficient (Wildman–Crippen LogP) is 4.13. The summed E-state index contributed by atoms with van der Waals surface area (Å²) in [4.78, 5) is 11.9. The van der Waals surface area contributed by atoms with Crippen molar-refractivity contribution in [3.8, 4) is 0 Å². The number of ketones is 1.